The van der Waals surface area contributed by atoms with Crippen LogP contribution in [0.25, 0.3) is 0 Å². The Hall–Kier alpha value is -3.99. The summed E-state index contributed by atoms with van der Waals surface area (Å²) in [4.78, 5) is 32.5. The number of aliphatic hydroxyl groups is 2. The first kappa shape index (κ1) is 41.2. The monoisotopic (exact) mass is 862 g/mol. The molecule has 3 N–H and O–H groups in total. The second kappa shape index (κ2) is 17.1. The number of nitrogens with one attached hydrogen (secondary N) is 1. The average Bonchev–Trinajstić information content (AvgIpc) is 3.83. The number of rotatable bonds is 16. The molecule has 15 heteroatoms. The molecular formula is C42H52BrFN6O6Si. The van der Waals surface area contributed by atoms with Gasteiger partial charge in [-0.2, -0.15) is 0 Å². The van der Waals surface area contributed by atoms with E-state index in [1.54, 1.807) is 33.8 Å². The van der Waals surface area contributed by atoms with E-state index < -0.39 is 37.6 Å². The van der Waals surface area contributed by atoms with Crippen LogP contribution in [0.15, 0.2) is 71.3 Å². The second-order valence-corrected chi connectivity index (χ2v) is 20.5. The summed E-state index contributed by atoms with van der Waals surface area (Å²) in [5.74, 6) is 0.0226. The number of ether oxygens (including phenoxy) is 2. The lowest BCUT2D eigenvalue weighted by Crippen LogP contribution is -2.49. The van der Waals surface area contributed by atoms with E-state index in [0.29, 0.717) is 56.8 Å². The molecule has 0 saturated carbocycles. The summed E-state index contributed by atoms with van der Waals surface area (Å²) in [6.07, 6.45) is 4.03. The molecule has 1 spiro atoms. The van der Waals surface area contributed by atoms with E-state index in [4.69, 9.17) is 9.47 Å². The van der Waals surface area contributed by atoms with E-state index in [2.05, 4.69) is 31.6 Å². The maximum Gasteiger partial charge on any atom is 0.264 e. The third kappa shape index (κ3) is 8.06. The molecule has 0 radical (unpaired) electrons. The summed E-state index contributed by atoms with van der Waals surface area (Å²) >= 11 is 3.63. The Balaban J connectivity index is 1.16. The number of hydrogen-bond acceptors (Lipinski definition) is 9. The Labute approximate surface area is 342 Å². The largest absolute Gasteiger partial charge is 0.494 e. The predicted molar refractivity (Wildman–Crippen MR) is 222 cm³/mol. The summed E-state index contributed by atoms with van der Waals surface area (Å²) < 4.78 is 31.6. The van der Waals surface area contributed by atoms with Crippen molar-refractivity contribution in [3.8, 4) is 5.75 Å². The summed E-state index contributed by atoms with van der Waals surface area (Å²) in [6, 6.07) is 18.8. The van der Waals surface area contributed by atoms with Crippen molar-refractivity contribution in [1.82, 2.24) is 20.3 Å². The van der Waals surface area contributed by atoms with E-state index >= 15 is 4.11 Å². The quantitative estimate of drug-likeness (QED) is 0.0669. The zero-order valence-corrected chi connectivity index (χ0v) is 35.5. The third-order valence-electron chi connectivity index (χ3n) is 11.6. The minimum atomic E-state index is -3.37. The van der Waals surface area contributed by atoms with Gasteiger partial charge in [-0.05, 0) is 112 Å². The van der Waals surface area contributed by atoms with Crippen LogP contribution in [0.5, 0.6) is 5.75 Å². The Morgan fingerprint density at radius 2 is 1.82 bits per heavy atom. The van der Waals surface area contributed by atoms with E-state index in [1.165, 1.54) is 0 Å². The number of anilines is 3. The number of unbranched alkanes of at least 4 members (excludes halogenated alkanes) is 1. The molecule has 1 saturated heterocycles. The molecule has 3 aliphatic rings. The highest BCUT2D eigenvalue weighted by Gasteiger charge is 2.66. The molecule has 4 aromatic rings. The van der Waals surface area contributed by atoms with Gasteiger partial charge in [-0.25, -0.2) is 0 Å². The Kier molecular flexibility index (Phi) is 12.3. The fourth-order valence-electron chi connectivity index (χ4n) is 9.04. The molecule has 0 bridgehead atoms. The highest BCUT2D eigenvalue weighted by Crippen LogP contribution is 2.60. The number of carbonyl (C=O) groups excluding carboxylic acids is 2. The maximum atomic E-state index is 16.4. The molecule has 7 rings (SSSR count). The van der Waals surface area contributed by atoms with Crippen LogP contribution >= 0.6 is 15.9 Å². The van der Waals surface area contributed by atoms with Crippen LogP contribution in [-0.4, -0.2) is 83.9 Å². The van der Waals surface area contributed by atoms with Crippen molar-refractivity contribution in [2.24, 2.45) is 5.92 Å². The number of aryl methyl sites for hydroxylation is 1. The molecule has 57 heavy (non-hydrogen) atoms. The number of aromatic nitrogens is 3. The van der Waals surface area contributed by atoms with Gasteiger partial charge in [0.1, 0.15) is 5.75 Å². The smallest absolute Gasteiger partial charge is 0.264 e. The van der Waals surface area contributed by atoms with E-state index in [1.807, 2.05) is 74.5 Å². The number of benzene rings is 3. The van der Waals surface area contributed by atoms with E-state index in [0.717, 1.165) is 44.7 Å². The van der Waals surface area contributed by atoms with Gasteiger partial charge in [0.2, 0.25) is 14.3 Å². The van der Waals surface area contributed by atoms with Crippen LogP contribution < -0.4 is 19.9 Å². The molecule has 1 unspecified atom stereocenters. The fraction of sp³-hybridized carbons (Fsp3) is 0.476. The fourth-order valence-corrected chi connectivity index (χ4v) is 11.9. The molecule has 4 heterocycles. The minimum absolute atomic E-state index is 0.0277. The van der Waals surface area contributed by atoms with Gasteiger partial charge in [0, 0.05) is 59.6 Å². The normalized spacial score (nSPS) is 23.1. The maximum absolute atomic E-state index is 16.4. The average molecular weight is 864 g/mol. The third-order valence-corrected chi connectivity index (χ3v) is 14.5. The van der Waals surface area contributed by atoms with Crippen molar-refractivity contribution in [3.63, 3.8) is 0 Å². The summed E-state index contributed by atoms with van der Waals surface area (Å²) in [5.41, 5.74) is 3.64. The Morgan fingerprint density at radius 1 is 1.05 bits per heavy atom. The first-order valence-electron chi connectivity index (χ1n) is 19.9. The van der Waals surface area contributed by atoms with Crippen LogP contribution in [0.3, 0.4) is 0 Å². The minimum Gasteiger partial charge on any atom is -0.494 e. The van der Waals surface area contributed by atoms with Gasteiger partial charge in [0.25, 0.3) is 5.91 Å². The van der Waals surface area contributed by atoms with E-state index in [9.17, 15) is 19.8 Å². The van der Waals surface area contributed by atoms with E-state index in [-0.39, 0.29) is 31.6 Å². The highest BCUT2D eigenvalue weighted by atomic mass is 79.9. The number of carbonyl (C=O) groups is 2. The molecule has 5 atom stereocenters. The first-order valence-corrected chi connectivity index (χ1v) is 23.7. The van der Waals surface area contributed by atoms with Crippen LogP contribution in [-0.2, 0) is 45.9 Å². The molecule has 3 aromatic carbocycles. The lowest BCUT2D eigenvalue weighted by atomic mass is 9.82. The predicted octanol–water partition coefficient (Wildman–Crippen LogP) is 6.34. The van der Waals surface area contributed by atoms with Gasteiger partial charge in [-0.3, -0.25) is 19.2 Å². The van der Waals surface area contributed by atoms with Gasteiger partial charge in [-0.1, -0.05) is 40.2 Å². The molecule has 12 nitrogen and oxygen atoms in total. The summed E-state index contributed by atoms with van der Waals surface area (Å²) in [5, 5.41) is 30.3. The van der Waals surface area contributed by atoms with Gasteiger partial charge in [0.15, 0.2) is 5.60 Å². The number of halogens is 2. The highest BCUT2D eigenvalue weighted by molar-refractivity contribution is 9.10. The van der Waals surface area contributed by atoms with Crippen molar-refractivity contribution in [2.75, 3.05) is 36.2 Å². The van der Waals surface area contributed by atoms with Gasteiger partial charge >= 0.3 is 0 Å². The zero-order chi connectivity index (χ0) is 40.5. The second-order valence-electron chi connectivity index (χ2n) is 15.8. The van der Waals surface area contributed by atoms with Gasteiger partial charge in [0.05, 0.1) is 42.4 Å². The number of nitrogens with zero attached hydrogens (tertiary/aromatic N) is 5. The molecular weight excluding hydrogens is 811 g/mol. The van der Waals surface area contributed by atoms with Crippen molar-refractivity contribution >= 4 is 53.2 Å². The lowest BCUT2D eigenvalue weighted by molar-refractivity contribution is -0.146. The molecule has 1 fully saturated rings. The number of fused-ring (bicyclic) bond motifs is 3. The Bertz CT molecular complexity index is 2080. The molecule has 3 aliphatic heterocycles. The van der Waals surface area contributed by atoms with Crippen molar-refractivity contribution in [2.45, 2.75) is 95.4 Å². The molecule has 0 aliphatic carbocycles. The number of hydrogen-bond donors (Lipinski definition) is 3. The van der Waals surface area contributed by atoms with Crippen molar-refractivity contribution in [3.05, 3.63) is 93.7 Å². The molecule has 1 aromatic heterocycles. The van der Waals surface area contributed by atoms with Gasteiger partial charge < -0.3 is 34.0 Å². The van der Waals surface area contributed by atoms with Crippen LogP contribution in [0.4, 0.5) is 21.2 Å². The van der Waals surface area contributed by atoms with Crippen LogP contribution in [0.2, 0.25) is 18.6 Å². The van der Waals surface area contributed by atoms with Crippen molar-refractivity contribution < 1.29 is 33.4 Å². The van der Waals surface area contributed by atoms with Crippen LogP contribution in [0, 0.1) is 5.92 Å². The Morgan fingerprint density at radius 3 is 2.54 bits per heavy atom. The first-order chi connectivity index (χ1) is 27.4. The molecule has 304 valence electrons. The summed E-state index contributed by atoms with van der Waals surface area (Å²) in [6.45, 7) is 9.18. The lowest BCUT2D eigenvalue weighted by Gasteiger charge is -2.35. The summed E-state index contributed by atoms with van der Waals surface area (Å²) in [7, 11) is -3.37. The van der Waals surface area contributed by atoms with Gasteiger partial charge in [-0.15, -0.1) is 5.10 Å². The number of aliphatic hydroxyl groups excluding tert-OH is 2. The zero-order valence-electron chi connectivity index (χ0n) is 33.0. The SMILES string of the molecule is CCOc1ccc2c(c1)CC(NCCCCO)C(=O)N2c1ccc(CN2C(=O)[C@@]3(O[C@@H](CCn4cc(CCO)nn4)[C@H]([Si](C)(C)F)[C@H]3C)c3cc(Br)ccc32)cc1. The standard InChI is InChI=1S/C42H52BrFN6O6Si/c1-5-55-33-13-15-36-29(22-33)23-35(45-18-6-7-20-51)40(53)50(36)32-11-8-28(9-12-32)25-49-37-14-10-30(43)24-34(37)42(41(49)54)27(2)39(57(3,4)44)38(56-42)16-19-48-26-31(17-21-52)46-47-48/h8-15,22,24,26-27,35,38-39,45,51-52H,5-7,16-21,23,25H2,1-4H3/t27-,35?,38+,39-,42+/m1/s1. The topological polar surface area (TPSA) is 142 Å². The van der Waals surface area contributed by atoms with Crippen molar-refractivity contribution in [1.29, 1.82) is 0 Å². The van der Waals surface area contributed by atoms with Crippen LogP contribution in [0.1, 0.15) is 55.5 Å². The molecule has 2 amide bonds. The number of amides is 2.